The van der Waals surface area contributed by atoms with Gasteiger partial charge in [0.2, 0.25) is 17.6 Å². The van der Waals surface area contributed by atoms with Gasteiger partial charge in [0.15, 0.2) is 0 Å². The lowest BCUT2D eigenvalue weighted by atomic mass is 10.2. The Morgan fingerprint density at radius 3 is 2.59 bits per heavy atom. The summed E-state index contributed by atoms with van der Waals surface area (Å²) in [7, 11) is 1.61. The first-order chi connectivity index (χ1) is 13.0. The van der Waals surface area contributed by atoms with Crippen LogP contribution in [0.1, 0.15) is 39.0 Å². The lowest BCUT2D eigenvalue weighted by Gasteiger charge is -2.08. The second kappa shape index (κ2) is 10.3. The molecule has 0 atom stereocenters. The molecule has 1 aromatic carbocycles. The van der Waals surface area contributed by atoms with E-state index in [0.29, 0.717) is 31.0 Å². The molecule has 0 radical (unpaired) electrons. The fraction of sp³-hybridized carbons (Fsp3) is 0.474. The molecule has 0 aliphatic heterocycles. The van der Waals surface area contributed by atoms with Crippen LogP contribution in [0, 0.1) is 0 Å². The number of ether oxygens (including phenoxy) is 2. The first kappa shape index (κ1) is 20.4. The van der Waals surface area contributed by atoms with Crippen LogP contribution in [-0.4, -0.2) is 41.8 Å². The van der Waals surface area contributed by atoms with Crippen molar-refractivity contribution in [3.63, 3.8) is 0 Å². The van der Waals surface area contributed by atoms with E-state index < -0.39 is 0 Å². The molecule has 0 saturated carbocycles. The third kappa shape index (κ3) is 7.08. The molecule has 0 aliphatic carbocycles. The van der Waals surface area contributed by atoms with Crippen LogP contribution in [0.15, 0.2) is 28.8 Å². The number of carbonyl (C=O) groups excluding carboxylic acids is 2. The van der Waals surface area contributed by atoms with Crippen molar-refractivity contribution in [2.75, 3.05) is 13.7 Å². The van der Waals surface area contributed by atoms with Gasteiger partial charge < -0.3 is 19.3 Å². The number of esters is 1. The number of nitrogens with one attached hydrogen (secondary N) is 1. The number of hydrogen-bond acceptors (Lipinski definition) is 7. The zero-order valence-electron chi connectivity index (χ0n) is 15.9. The van der Waals surface area contributed by atoms with E-state index in [-0.39, 0.29) is 30.9 Å². The molecule has 8 heteroatoms. The van der Waals surface area contributed by atoms with Crippen LogP contribution in [-0.2, 0) is 20.7 Å². The maximum atomic E-state index is 11.8. The molecule has 2 rings (SSSR count). The second-order valence-corrected chi connectivity index (χ2v) is 6.23. The maximum Gasteiger partial charge on any atom is 0.307 e. The Morgan fingerprint density at radius 2 is 1.93 bits per heavy atom. The average Bonchev–Trinajstić information content (AvgIpc) is 3.10. The number of aromatic nitrogens is 2. The van der Waals surface area contributed by atoms with Crippen LogP contribution in [0.5, 0.6) is 5.75 Å². The largest absolute Gasteiger partial charge is 0.497 e. The molecular formula is C19H25N3O5. The molecule has 2 aromatic rings. The predicted octanol–water partition coefficient (Wildman–Crippen LogP) is 2.53. The molecule has 1 amide bonds. The Kier molecular flexibility index (Phi) is 7.79. The van der Waals surface area contributed by atoms with E-state index in [1.54, 1.807) is 21.0 Å². The van der Waals surface area contributed by atoms with Gasteiger partial charge in [0.05, 0.1) is 19.6 Å². The summed E-state index contributed by atoms with van der Waals surface area (Å²) in [5.74, 6) is 1.30. The molecule has 0 unspecified atom stereocenters. The monoisotopic (exact) mass is 375 g/mol. The zero-order chi connectivity index (χ0) is 19.6. The van der Waals surface area contributed by atoms with Crippen LogP contribution in [0.25, 0.3) is 11.4 Å². The van der Waals surface area contributed by atoms with Crippen molar-refractivity contribution in [2.45, 2.75) is 45.6 Å². The molecule has 1 aromatic heterocycles. The van der Waals surface area contributed by atoms with Crippen molar-refractivity contribution in [1.82, 2.24) is 15.5 Å². The van der Waals surface area contributed by atoms with E-state index in [1.807, 2.05) is 24.3 Å². The smallest absolute Gasteiger partial charge is 0.307 e. The highest BCUT2D eigenvalue weighted by atomic mass is 16.5. The van der Waals surface area contributed by atoms with E-state index in [4.69, 9.17) is 14.0 Å². The highest BCUT2D eigenvalue weighted by molar-refractivity contribution is 5.77. The molecular weight excluding hydrogens is 350 g/mol. The predicted molar refractivity (Wildman–Crippen MR) is 98.1 cm³/mol. The van der Waals surface area contributed by atoms with Crippen LogP contribution in [0.2, 0.25) is 0 Å². The van der Waals surface area contributed by atoms with Gasteiger partial charge in [0, 0.05) is 24.9 Å². The molecule has 8 nitrogen and oxygen atoms in total. The molecule has 0 spiro atoms. The van der Waals surface area contributed by atoms with Gasteiger partial charge in [-0.3, -0.25) is 9.59 Å². The number of carbonyl (C=O) groups is 2. The van der Waals surface area contributed by atoms with Gasteiger partial charge in [-0.15, -0.1) is 0 Å². The van der Waals surface area contributed by atoms with Gasteiger partial charge in [-0.1, -0.05) is 5.16 Å². The first-order valence-corrected chi connectivity index (χ1v) is 8.91. The molecule has 27 heavy (non-hydrogen) atoms. The molecule has 0 bridgehead atoms. The Morgan fingerprint density at radius 1 is 1.19 bits per heavy atom. The highest BCUT2D eigenvalue weighted by Crippen LogP contribution is 2.20. The SMILES string of the molecule is COc1ccc(-c2noc(CCCC(=O)NCCC(=O)OC(C)C)n2)cc1. The fourth-order valence-electron chi connectivity index (χ4n) is 2.33. The summed E-state index contributed by atoms with van der Waals surface area (Å²) < 4.78 is 15.3. The van der Waals surface area contributed by atoms with E-state index >= 15 is 0 Å². The third-order valence-corrected chi connectivity index (χ3v) is 3.63. The Balaban J connectivity index is 1.69. The maximum absolute atomic E-state index is 11.8. The van der Waals surface area contributed by atoms with Crippen molar-refractivity contribution in [2.24, 2.45) is 0 Å². The minimum atomic E-state index is -0.317. The van der Waals surface area contributed by atoms with Crippen molar-refractivity contribution in [3.8, 4) is 17.1 Å². The second-order valence-electron chi connectivity index (χ2n) is 6.23. The topological polar surface area (TPSA) is 104 Å². The number of methoxy groups -OCH3 is 1. The van der Waals surface area contributed by atoms with Crippen LogP contribution >= 0.6 is 0 Å². The van der Waals surface area contributed by atoms with Crippen molar-refractivity contribution >= 4 is 11.9 Å². The molecule has 0 aliphatic rings. The third-order valence-electron chi connectivity index (χ3n) is 3.63. The number of amides is 1. The standard InChI is InChI=1S/C19H25N3O5/c1-13(2)26-18(24)11-12-20-16(23)5-4-6-17-21-19(22-27-17)14-7-9-15(25-3)10-8-14/h7-10,13H,4-6,11-12H2,1-3H3,(H,20,23). The molecule has 1 heterocycles. The number of hydrogen-bond donors (Lipinski definition) is 1. The van der Waals surface area contributed by atoms with Crippen molar-refractivity contribution in [3.05, 3.63) is 30.2 Å². The highest BCUT2D eigenvalue weighted by Gasteiger charge is 2.10. The van der Waals surface area contributed by atoms with Gasteiger partial charge in [-0.2, -0.15) is 4.98 Å². The Bertz CT molecular complexity index is 740. The molecule has 1 N–H and O–H groups in total. The first-order valence-electron chi connectivity index (χ1n) is 8.91. The van der Waals surface area contributed by atoms with Gasteiger partial charge in [-0.05, 0) is 44.5 Å². The summed E-state index contributed by atoms with van der Waals surface area (Å²) in [5.41, 5.74) is 0.830. The van der Waals surface area contributed by atoms with Crippen LogP contribution in [0.3, 0.4) is 0 Å². The van der Waals surface area contributed by atoms with E-state index in [1.165, 1.54) is 0 Å². The lowest BCUT2D eigenvalue weighted by Crippen LogP contribution is -2.27. The van der Waals surface area contributed by atoms with Crippen molar-refractivity contribution in [1.29, 1.82) is 0 Å². The van der Waals surface area contributed by atoms with E-state index in [0.717, 1.165) is 11.3 Å². The minimum absolute atomic E-state index is 0.123. The van der Waals surface area contributed by atoms with Gasteiger partial charge >= 0.3 is 5.97 Å². The lowest BCUT2D eigenvalue weighted by molar-refractivity contribution is -0.147. The van der Waals surface area contributed by atoms with Gasteiger partial charge in [0.25, 0.3) is 0 Å². The zero-order valence-corrected chi connectivity index (χ0v) is 15.9. The number of benzene rings is 1. The van der Waals surface area contributed by atoms with E-state index in [9.17, 15) is 9.59 Å². The number of aryl methyl sites for hydroxylation is 1. The Labute approximate surface area is 158 Å². The van der Waals surface area contributed by atoms with Gasteiger partial charge in [0.1, 0.15) is 5.75 Å². The normalized spacial score (nSPS) is 10.7. The summed E-state index contributed by atoms with van der Waals surface area (Å²) in [4.78, 5) is 27.5. The quantitative estimate of drug-likeness (QED) is 0.636. The summed E-state index contributed by atoms with van der Waals surface area (Å²) >= 11 is 0. The molecule has 146 valence electrons. The molecule has 0 saturated heterocycles. The minimum Gasteiger partial charge on any atom is -0.497 e. The van der Waals surface area contributed by atoms with Crippen molar-refractivity contribution < 1.29 is 23.6 Å². The van der Waals surface area contributed by atoms with Gasteiger partial charge in [-0.25, -0.2) is 0 Å². The molecule has 0 fully saturated rings. The number of rotatable bonds is 10. The summed E-state index contributed by atoms with van der Waals surface area (Å²) in [6.07, 6.45) is 1.42. The Hall–Kier alpha value is -2.90. The fourth-order valence-corrected chi connectivity index (χ4v) is 2.33. The average molecular weight is 375 g/mol. The number of nitrogens with zero attached hydrogens (tertiary/aromatic N) is 2. The summed E-state index contributed by atoms with van der Waals surface area (Å²) in [6, 6.07) is 7.36. The summed E-state index contributed by atoms with van der Waals surface area (Å²) in [5, 5.41) is 6.65. The van der Waals surface area contributed by atoms with E-state index in [2.05, 4.69) is 15.5 Å². The van der Waals surface area contributed by atoms with Crippen LogP contribution in [0.4, 0.5) is 0 Å². The van der Waals surface area contributed by atoms with Crippen LogP contribution < -0.4 is 10.1 Å². The summed E-state index contributed by atoms with van der Waals surface area (Å²) in [6.45, 7) is 3.84.